The summed E-state index contributed by atoms with van der Waals surface area (Å²) >= 11 is 0. The minimum atomic E-state index is -0.288. The first kappa shape index (κ1) is 22.8. The zero-order valence-electron chi connectivity index (χ0n) is 19.2. The Morgan fingerprint density at radius 2 is 1.74 bits per heavy atom. The molecule has 6 heteroatoms. The van der Waals surface area contributed by atoms with Gasteiger partial charge in [0.05, 0.1) is 30.1 Å². The van der Waals surface area contributed by atoms with Crippen LogP contribution in [0, 0.1) is 24.1 Å². The molecule has 0 fully saturated rings. The summed E-state index contributed by atoms with van der Waals surface area (Å²) in [5, 5.41) is 13.6. The molecule has 4 rings (SSSR count). The third-order valence-electron chi connectivity index (χ3n) is 5.67. The number of ether oxygens (including phenoxy) is 1. The Morgan fingerprint density at radius 1 is 1.03 bits per heavy atom. The molecule has 0 bridgehead atoms. The molecule has 0 saturated heterocycles. The summed E-state index contributed by atoms with van der Waals surface area (Å²) in [5.74, 6) is 0.480. The van der Waals surface area contributed by atoms with E-state index in [2.05, 4.69) is 15.8 Å². The number of rotatable bonds is 7. The van der Waals surface area contributed by atoms with Crippen molar-refractivity contribution in [3.8, 4) is 28.8 Å². The third-order valence-corrected chi connectivity index (χ3v) is 5.67. The minimum Gasteiger partial charge on any atom is -0.497 e. The smallest absolute Gasteiger partial charge is 0.143 e. The van der Waals surface area contributed by atoms with Gasteiger partial charge in [-0.1, -0.05) is 23.4 Å². The monoisotopic (exact) mass is 453 g/mol. The fraction of sp³-hybridized carbons (Fsp3) is 0.143. The maximum Gasteiger partial charge on any atom is 0.143 e. The van der Waals surface area contributed by atoms with Crippen LogP contribution in [-0.4, -0.2) is 17.4 Å². The number of benzene rings is 3. The molecule has 1 aromatic heterocycles. The highest BCUT2D eigenvalue weighted by atomic mass is 19.1. The molecule has 4 aromatic rings. The van der Waals surface area contributed by atoms with E-state index < -0.39 is 0 Å². The van der Waals surface area contributed by atoms with Crippen molar-refractivity contribution in [2.75, 3.05) is 7.11 Å². The molecule has 0 aliphatic carbocycles. The molecular weight excluding hydrogens is 429 g/mol. The van der Waals surface area contributed by atoms with E-state index in [1.54, 1.807) is 25.3 Å². The summed E-state index contributed by atoms with van der Waals surface area (Å²) in [6.45, 7) is 4.07. The zero-order valence-corrected chi connectivity index (χ0v) is 19.2. The lowest BCUT2D eigenvalue weighted by Crippen LogP contribution is -2.03. The number of oxime groups is 1. The second-order valence-electron chi connectivity index (χ2n) is 7.79. The highest BCUT2D eigenvalue weighted by Gasteiger charge is 2.17. The lowest BCUT2D eigenvalue weighted by Gasteiger charge is -2.13. The first-order valence-electron chi connectivity index (χ1n) is 10.8. The van der Waals surface area contributed by atoms with Crippen LogP contribution in [0.1, 0.15) is 29.3 Å². The lowest BCUT2D eigenvalue weighted by atomic mass is 10.1. The zero-order chi connectivity index (χ0) is 24.1. The van der Waals surface area contributed by atoms with E-state index in [4.69, 9.17) is 9.57 Å². The van der Waals surface area contributed by atoms with Crippen LogP contribution in [0.3, 0.4) is 0 Å². The molecule has 3 aromatic carbocycles. The summed E-state index contributed by atoms with van der Waals surface area (Å²) in [5.41, 5.74) is 6.65. The van der Waals surface area contributed by atoms with E-state index in [1.165, 1.54) is 12.1 Å². The second kappa shape index (κ2) is 10.1. The van der Waals surface area contributed by atoms with Gasteiger partial charge in [0, 0.05) is 22.5 Å². The Kier molecular flexibility index (Phi) is 6.74. The second-order valence-corrected chi connectivity index (χ2v) is 7.79. The minimum absolute atomic E-state index is 0.199. The number of aromatic nitrogens is 1. The number of hydrogen-bond acceptors (Lipinski definition) is 4. The number of methoxy groups -OCH3 is 1. The van der Waals surface area contributed by atoms with E-state index in [0.29, 0.717) is 11.3 Å². The molecule has 0 amide bonds. The summed E-state index contributed by atoms with van der Waals surface area (Å²) in [6.07, 6.45) is 0. The Hall–Kier alpha value is -4.37. The van der Waals surface area contributed by atoms with Crippen molar-refractivity contribution < 1.29 is 14.0 Å². The average molecular weight is 454 g/mol. The fourth-order valence-electron chi connectivity index (χ4n) is 3.87. The van der Waals surface area contributed by atoms with Crippen LogP contribution >= 0.6 is 0 Å². The molecule has 1 heterocycles. The van der Waals surface area contributed by atoms with Crippen molar-refractivity contribution >= 4 is 5.71 Å². The fourth-order valence-corrected chi connectivity index (χ4v) is 3.87. The molecule has 0 atom stereocenters. The molecule has 0 spiro atoms. The Balaban J connectivity index is 1.71. The molecule has 0 unspecified atom stereocenters. The maximum atomic E-state index is 13.6. The summed E-state index contributed by atoms with van der Waals surface area (Å²) in [6, 6.07) is 25.7. The molecule has 0 aliphatic heterocycles. The largest absolute Gasteiger partial charge is 0.497 e. The van der Waals surface area contributed by atoms with Crippen molar-refractivity contribution in [2.45, 2.75) is 20.5 Å². The van der Waals surface area contributed by atoms with Gasteiger partial charge in [-0.3, -0.25) is 0 Å². The normalized spacial score (nSPS) is 11.2. The summed E-state index contributed by atoms with van der Waals surface area (Å²) < 4.78 is 21.0. The van der Waals surface area contributed by atoms with Gasteiger partial charge >= 0.3 is 0 Å². The first-order valence-corrected chi connectivity index (χ1v) is 10.8. The van der Waals surface area contributed by atoms with Crippen LogP contribution in [0.5, 0.6) is 5.75 Å². The third kappa shape index (κ3) is 4.69. The van der Waals surface area contributed by atoms with Crippen molar-refractivity contribution in [1.82, 2.24) is 4.57 Å². The summed E-state index contributed by atoms with van der Waals surface area (Å²) in [7, 11) is 1.63. The van der Waals surface area contributed by atoms with E-state index in [0.717, 1.165) is 39.5 Å². The van der Waals surface area contributed by atoms with Crippen molar-refractivity contribution in [3.05, 3.63) is 107 Å². The van der Waals surface area contributed by atoms with Crippen LogP contribution in [0.4, 0.5) is 4.39 Å². The van der Waals surface area contributed by atoms with Crippen molar-refractivity contribution in [1.29, 1.82) is 5.26 Å². The predicted molar refractivity (Wildman–Crippen MR) is 131 cm³/mol. The van der Waals surface area contributed by atoms with Crippen molar-refractivity contribution in [3.63, 3.8) is 0 Å². The van der Waals surface area contributed by atoms with Crippen LogP contribution < -0.4 is 4.74 Å². The topological polar surface area (TPSA) is 59.5 Å². The molecule has 0 aliphatic rings. The van der Waals surface area contributed by atoms with E-state index in [-0.39, 0.29) is 12.4 Å². The molecular formula is C28H24FN3O2. The van der Waals surface area contributed by atoms with Gasteiger partial charge in [-0.05, 0) is 80.1 Å². The van der Waals surface area contributed by atoms with Gasteiger partial charge in [0.2, 0.25) is 0 Å². The summed E-state index contributed by atoms with van der Waals surface area (Å²) in [4.78, 5) is 5.60. The Morgan fingerprint density at radius 3 is 2.41 bits per heavy atom. The molecule has 0 radical (unpaired) electrons. The van der Waals surface area contributed by atoms with E-state index >= 15 is 0 Å². The maximum absolute atomic E-state index is 13.6. The standard InChI is InChI=1S/C28H24FN3O2/c1-19(31-34-18-23-7-5-4-6-22(23)17-30)27-16-28(21-8-14-26(33-3)15-9-21)32(20(27)2)25-12-10-24(29)11-13-25/h4-16H,18H2,1-3H3. The SMILES string of the molecule is COc1ccc(-c2cc(C(C)=NOCc3ccccc3C#N)c(C)n2-c2ccc(F)cc2)cc1. The van der Waals surface area contributed by atoms with Gasteiger partial charge in [-0.25, -0.2) is 4.39 Å². The molecule has 34 heavy (non-hydrogen) atoms. The Labute approximate surface area is 198 Å². The van der Waals surface area contributed by atoms with Gasteiger partial charge in [0.25, 0.3) is 0 Å². The van der Waals surface area contributed by atoms with E-state index in [1.807, 2.05) is 62.4 Å². The quantitative estimate of drug-likeness (QED) is 0.240. The number of hydrogen-bond donors (Lipinski definition) is 0. The highest BCUT2D eigenvalue weighted by Crippen LogP contribution is 2.31. The van der Waals surface area contributed by atoms with Gasteiger partial charge in [0.15, 0.2) is 0 Å². The number of nitriles is 1. The molecule has 170 valence electrons. The molecule has 0 saturated carbocycles. The van der Waals surface area contributed by atoms with Gasteiger partial charge in [0.1, 0.15) is 18.2 Å². The van der Waals surface area contributed by atoms with Gasteiger partial charge < -0.3 is 14.1 Å². The van der Waals surface area contributed by atoms with Crippen LogP contribution in [-0.2, 0) is 11.4 Å². The molecule has 0 N–H and O–H groups in total. The van der Waals surface area contributed by atoms with Gasteiger partial charge in [-0.2, -0.15) is 5.26 Å². The number of nitrogens with zero attached hydrogens (tertiary/aromatic N) is 3. The highest BCUT2D eigenvalue weighted by molar-refractivity contribution is 6.01. The van der Waals surface area contributed by atoms with Crippen molar-refractivity contribution in [2.24, 2.45) is 5.16 Å². The lowest BCUT2D eigenvalue weighted by molar-refractivity contribution is 0.130. The number of halogens is 1. The van der Waals surface area contributed by atoms with Gasteiger partial charge in [-0.15, -0.1) is 0 Å². The van der Waals surface area contributed by atoms with Crippen LogP contribution in [0.2, 0.25) is 0 Å². The van der Waals surface area contributed by atoms with Crippen LogP contribution in [0.25, 0.3) is 16.9 Å². The Bertz CT molecular complexity index is 1360. The average Bonchev–Trinajstić information content (AvgIpc) is 3.22. The molecule has 5 nitrogen and oxygen atoms in total. The van der Waals surface area contributed by atoms with Crippen LogP contribution in [0.15, 0.2) is 84.0 Å². The van der Waals surface area contributed by atoms with E-state index in [9.17, 15) is 9.65 Å². The predicted octanol–water partition coefficient (Wildman–Crippen LogP) is 6.41. The first-order chi connectivity index (χ1) is 16.5.